The molecule has 0 spiro atoms. The van der Waals surface area contributed by atoms with Gasteiger partial charge in [-0.25, -0.2) is 0 Å². The fourth-order valence-electron chi connectivity index (χ4n) is 0.971. The lowest BCUT2D eigenvalue weighted by Crippen LogP contribution is -2.11. The van der Waals surface area contributed by atoms with E-state index in [1.165, 1.54) is 6.92 Å². The highest BCUT2D eigenvalue weighted by atomic mass is 35.5. The number of rotatable bonds is 5. The smallest absolute Gasteiger partial charge is 0.164 e. The number of hydrogen-bond donors (Lipinski definition) is 0. The number of alkyl halides is 7. The number of nitrogens with zero attached hydrogens (tertiary/aromatic N) is 2. The Kier molecular flexibility index (Phi) is 5.90. The highest BCUT2D eigenvalue weighted by Crippen LogP contribution is 2.44. The minimum atomic E-state index is -4.61. The Balaban J connectivity index is 2.58. The van der Waals surface area contributed by atoms with Crippen molar-refractivity contribution in [1.82, 2.24) is 10.2 Å². The first-order valence-electron chi connectivity index (χ1n) is 4.86. The van der Waals surface area contributed by atoms with Crippen LogP contribution in [0.3, 0.4) is 0 Å². The van der Waals surface area contributed by atoms with E-state index in [2.05, 4.69) is 10.2 Å². The van der Waals surface area contributed by atoms with E-state index < -0.39 is 20.9 Å². The molecule has 0 saturated carbocycles. The highest BCUT2D eigenvalue weighted by Gasteiger charge is 2.39. The monoisotopic (exact) mass is 376 g/mol. The topological polar surface area (TPSA) is 25.8 Å². The van der Waals surface area contributed by atoms with Crippen LogP contribution in [0.15, 0.2) is 0 Å². The Morgan fingerprint density at radius 3 is 1.95 bits per heavy atom. The second kappa shape index (κ2) is 6.49. The van der Waals surface area contributed by atoms with Gasteiger partial charge in [-0.2, -0.15) is 26.3 Å². The fraction of sp³-hybridized carbons (Fsp3) is 0.750. The molecule has 0 amide bonds. The molecule has 116 valence electrons. The summed E-state index contributed by atoms with van der Waals surface area (Å²) < 4.78 is 71.5. The van der Waals surface area contributed by atoms with Gasteiger partial charge in [0, 0.05) is 11.5 Å². The number of thioether (sulfide) groups is 2. The Labute approximate surface area is 127 Å². The zero-order valence-electron chi connectivity index (χ0n) is 9.68. The van der Waals surface area contributed by atoms with Crippen molar-refractivity contribution in [1.29, 1.82) is 0 Å². The van der Waals surface area contributed by atoms with E-state index in [4.69, 9.17) is 11.6 Å². The number of aromatic nitrogens is 2. The van der Waals surface area contributed by atoms with Crippen LogP contribution in [0, 0.1) is 0 Å². The van der Waals surface area contributed by atoms with Gasteiger partial charge in [0.05, 0.1) is 0 Å². The third-order valence-electron chi connectivity index (χ3n) is 1.77. The van der Waals surface area contributed by atoms with Gasteiger partial charge >= 0.3 is 11.7 Å². The molecule has 2 nitrogen and oxygen atoms in total. The second-order valence-corrected chi connectivity index (χ2v) is 8.10. The van der Waals surface area contributed by atoms with Crippen molar-refractivity contribution in [3.05, 3.63) is 10.0 Å². The van der Waals surface area contributed by atoms with Crippen molar-refractivity contribution in [3.8, 4) is 0 Å². The van der Waals surface area contributed by atoms with E-state index in [9.17, 15) is 26.3 Å². The molecule has 0 aliphatic carbocycles. The van der Waals surface area contributed by atoms with Crippen LogP contribution in [0.25, 0.3) is 0 Å². The van der Waals surface area contributed by atoms with Crippen molar-refractivity contribution in [2.24, 2.45) is 0 Å². The summed E-state index contributed by atoms with van der Waals surface area (Å²) >= 11 is 6.94. The van der Waals surface area contributed by atoms with E-state index >= 15 is 0 Å². The van der Waals surface area contributed by atoms with Gasteiger partial charge < -0.3 is 0 Å². The summed E-state index contributed by atoms with van der Waals surface area (Å²) in [5, 5.41) is 5.11. The molecule has 1 rings (SSSR count). The van der Waals surface area contributed by atoms with Gasteiger partial charge in [0.1, 0.15) is 9.21 Å². The average Bonchev–Trinajstić information content (AvgIpc) is 2.72. The third-order valence-corrected chi connectivity index (χ3v) is 5.85. The molecule has 0 N–H and O–H groups in total. The molecular formula is C8H7ClF6N2S3. The molecule has 1 unspecified atom stereocenters. The lowest BCUT2D eigenvalue weighted by molar-refractivity contribution is -0.138. The standard InChI is InChI=1S/C8H7ClF6N2S3/c1-6(9,18-2-3-19-8(13,14)15)4-16-17-5(20-4)7(10,11)12/h2-3H2,1H3. The number of hydrogen-bond acceptors (Lipinski definition) is 5. The van der Waals surface area contributed by atoms with Gasteiger partial charge in [-0.15, -0.1) is 22.0 Å². The molecule has 1 aromatic heterocycles. The van der Waals surface area contributed by atoms with Crippen LogP contribution >= 0.6 is 46.5 Å². The molecule has 0 aliphatic heterocycles. The van der Waals surface area contributed by atoms with Crippen LogP contribution in [0.2, 0.25) is 0 Å². The average molecular weight is 377 g/mol. The molecule has 1 aromatic rings. The lowest BCUT2D eigenvalue weighted by Gasteiger charge is -2.17. The summed E-state index contributed by atoms with van der Waals surface area (Å²) in [5.74, 6) is -0.230. The van der Waals surface area contributed by atoms with Crippen molar-refractivity contribution in [2.75, 3.05) is 11.5 Å². The van der Waals surface area contributed by atoms with E-state index in [-0.39, 0.29) is 39.6 Å². The molecular weight excluding hydrogens is 370 g/mol. The molecule has 0 bridgehead atoms. The molecule has 0 saturated heterocycles. The van der Waals surface area contributed by atoms with Gasteiger partial charge in [0.2, 0.25) is 5.01 Å². The molecule has 1 atom stereocenters. The van der Waals surface area contributed by atoms with Crippen molar-refractivity contribution >= 4 is 46.5 Å². The molecule has 0 fully saturated rings. The van der Waals surface area contributed by atoms with Crippen LogP contribution in [-0.2, 0) is 10.4 Å². The quantitative estimate of drug-likeness (QED) is 0.412. The predicted molar refractivity (Wildman–Crippen MR) is 69.1 cm³/mol. The van der Waals surface area contributed by atoms with Gasteiger partial charge in [-0.05, 0) is 6.92 Å². The van der Waals surface area contributed by atoms with E-state index in [0.29, 0.717) is 0 Å². The van der Waals surface area contributed by atoms with Crippen LogP contribution in [-0.4, -0.2) is 27.2 Å². The molecule has 0 radical (unpaired) electrons. The van der Waals surface area contributed by atoms with Crippen LogP contribution < -0.4 is 0 Å². The first-order valence-corrected chi connectivity index (χ1v) is 8.03. The SMILES string of the molecule is CC(Cl)(SCCSC(F)(F)F)c1nnc(C(F)(F)F)s1. The molecule has 12 heteroatoms. The van der Waals surface area contributed by atoms with Crippen LogP contribution in [0.1, 0.15) is 16.9 Å². The van der Waals surface area contributed by atoms with Gasteiger partial charge in [-0.3, -0.25) is 0 Å². The summed E-state index contributed by atoms with van der Waals surface area (Å²) in [4.78, 5) is 0. The van der Waals surface area contributed by atoms with E-state index in [1.807, 2.05) is 0 Å². The first kappa shape index (κ1) is 18.2. The maximum atomic E-state index is 12.4. The van der Waals surface area contributed by atoms with E-state index in [0.717, 1.165) is 11.8 Å². The highest BCUT2D eigenvalue weighted by molar-refractivity contribution is 8.04. The zero-order chi connectivity index (χ0) is 15.6. The minimum absolute atomic E-state index is 0.0190. The fourth-order valence-corrected chi connectivity index (χ4v) is 3.75. The molecule has 0 aromatic carbocycles. The third kappa shape index (κ3) is 5.86. The van der Waals surface area contributed by atoms with Crippen molar-refractivity contribution < 1.29 is 26.3 Å². The molecule has 20 heavy (non-hydrogen) atoms. The summed E-state index contributed by atoms with van der Waals surface area (Å²) in [6.45, 7) is 1.37. The maximum Gasteiger partial charge on any atom is 0.445 e. The van der Waals surface area contributed by atoms with Crippen molar-refractivity contribution in [2.45, 2.75) is 22.8 Å². The summed E-state index contributed by atoms with van der Waals surface area (Å²) in [6, 6.07) is 0. The van der Waals surface area contributed by atoms with Crippen LogP contribution in [0.5, 0.6) is 0 Å². The second-order valence-electron chi connectivity index (χ2n) is 3.47. The van der Waals surface area contributed by atoms with Crippen LogP contribution in [0.4, 0.5) is 26.3 Å². The summed E-state index contributed by atoms with van der Waals surface area (Å²) in [7, 11) is 0. The first-order chi connectivity index (χ1) is 8.92. The zero-order valence-corrected chi connectivity index (χ0v) is 12.9. The largest absolute Gasteiger partial charge is 0.445 e. The lowest BCUT2D eigenvalue weighted by atomic mass is 10.5. The molecule has 0 aliphatic rings. The minimum Gasteiger partial charge on any atom is -0.164 e. The molecule has 1 heterocycles. The number of halogens is 7. The maximum absolute atomic E-state index is 12.4. The Bertz CT molecular complexity index is 444. The van der Waals surface area contributed by atoms with Crippen molar-refractivity contribution in [3.63, 3.8) is 0 Å². The van der Waals surface area contributed by atoms with Gasteiger partial charge in [-0.1, -0.05) is 34.7 Å². The predicted octanol–water partition coefficient (Wildman–Crippen LogP) is 4.95. The van der Waals surface area contributed by atoms with E-state index in [1.54, 1.807) is 0 Å². The summed E-state index contributed by atoms with van der Waals surface area (Å²) in [5.41, 5.74) is -4.34. The Morgan fingerprint density at radius 2 is 1.50 bits per heavy atom. The van der Waals surface area contributed by atoms with Gasteiger partial charge in [0.25, 0.3) is 0 Å². The summed E-state index contributed by atoms with van der Waals surface area (Å²) in [6.07, 6.45) is -4.61. The Hall–Kier alpha value is 0.130. The normalized spacial score (nSPS) is 16.2. The van der Waals surface area contributed by atoms with Gasteiger partial charge in [0.15, 0.2) is 0 Å². The Morgan fingerprint density at radius 1 is 1.00 bits per heavy atom.